The van der Waals surface area contributed by atoms with Gasteiger partial charge in [0.05, 0.1) is 0 Å². The van der Waals surface area contributed by atoms with Crippen LogP contribution in [0.25, 0.3) is 0 Å². The third kappa shape index (κ3) is 4.43. The molecule has 2 heterocycles. The standard InChI is InChI=1S/C16H26N4O/c1-4-8-19-9-11-20(12-10-19)16(21)14-6-5-7-15(18-14)17-13(2)3/h5-7,13H,4,8-12H2,1-3H3,(H,17,18). The molecule has 1 aromatic heterocycles. The maximum atomic E-state index is 12.5. The molecule has 0 spiro atoms. The highest BCUT2D eigenvalue weighted by Crippen LogP contribution is 2.11. The van der Waals surface area contributed by atoms with Crippen molar-refractivity contribution in [3.63, 3.8) is 0 Å². The average Bonchev–Trinajstić information content (AvgIpc) is 2.47. The van der Waals surface area contributed by atoms with E-state index in [1.54, 1.807) is 6.07 Å². The zero-order valence-electron chi connectivity index (χ0n) is 13.3. The number of anilines is 1. The van der Waals surface area contributed by atoms with E-state index in [-0.39, 0.29) is 5.91 Å². The molecule has 0 atom stereocenters. The second kappa shape index (κ2) is 7.41. The molecule has 0 radical (unpaired) electrons. The van der Waals surface area contributed by atoms with Crippen LogP contribution in [-0.2, 0) is 0 Å². The van der Waals surface area contributed by atoms with Gasteiger partial charge in [0.1, 0.15) is 11.5 Å². The minimum atomic E-state index is 0.0403. The summed E-state index contributed by atoms with van der Waals surface area (Å²) in [5, 5.41) is 3.24. The fourth-order valence-electron chi connectivity index (χ4n) is 2.58. The third-order valence-electron chi connectivity index (χ3n) is 3.60. The summed E-state index contributed by atoms with van der Waals surface area (Å²) >= 11 is 0. The SMILES string of the molecule is CCCN1CCN(C(=O)c2cccc(NC(C)C)n2)CC1. The molecule has 1 aliphatic rings. The van der Waals surface area contributed by atoms with Crippen LogP contribution in [0.15, 0.2) is 18.2 Å². The Morgan fingerprint density at radius 2 is 2.00 bits per heavy atom. The molecule has 0 unspecified atom stereocenters. The Hall–Kier alpha value is -1.62. The third-order valence-corrected chi connectivity index (χ3v) is 3.60. The summed E-state index contributed by atoms with van der Waals surface area (Å²) in [5.74, 6) is 0.805. The van der Waals surface area contributed by atoms with E-state index in [0.717, 1.165) is 38.5 Å². The number of hydrogen-bond donors (Lipinski definition) is 1. The van der Waals surface area contributed by atoms with Crippen LogP contribution in [0.5, 0.6) is 0 Å². The molecule has 1 fully saturated rings. The smallest absolute Gasteiger partial charge is 0.272 e. The number of rotatable bonds is 5. The van der Waals surface area contributed by atoms with Gasteiger partial charge in [-0.15, -0.1) is 0 Å². The number of nitrogens with one attached hydrogen (secondary N) is 1. The van der Waals surface area contributed by atoms with Gasteiger partial charge in [-0.3, -0.25) is 9.69 Å². The first-order valence-electron chi connectivity index (χ1n) is 7.85. The molecule has 1 aromatic rings. The van der Waals surface area contributed by atoms with E-state index in [9.17, 15) is 4.79 Å². The zero-order chi connectivity index (χ0) is 15.2. The lowest BCUT2D eigenvalue weighted by Crippen LogP contribution is -2.48. The summed E-state index contributed by atoms with van der Waals surface area (Å²) in [6.45, 7) is 10.9. The number of pyridine rings is 1. The number of piperazine rings is 1. The van der Waals surface area contributed by atoms with E-state index in [2.05, 4.69) is 36.0 Å². The van der Waals surface area contributed by atoms with Crippen molar-refractivity contribution in [1.82, 2.24) is 14.8 Å². The highest BCUT2D eigenvalue weighted by molar-refractivity contribution is 5.92. The molecule has 116 valence electrons. The summed E-state index contributed by atoms with van der Waals surface area (Å²) in [4.78, 5) is 21.3. The Kier molecular flexibility index (Phi) is 5.56. The van der Waals surface area contributed by atoms with Gasteiger partial charge in [-0.2, -0.15) is 0 Å². The molecule has 5 nitrogen and oxygen atoms in total. The van der Waals surface area contributed by atoms with Crippen molar-refractivity contribution in [3.8, 4) is 0 Å². The van der Waals surface area contributed by atoms with Crippen molar-refractivity contribution in [2.45, 2.75) is 33.2 Å². The van der Waals surface area contributed by atoms with Gasteiger partial charge >= 0.3 is 0 Å². The lowest BCUT2D eigenvalue weighted by molar-refractivity contribution is 0.0632. The van der Waals surface area contributed by atoms with Crippen LogP contribution in [-0.4, -0.2) is 59.5 Å². The predicted molar refractivity (Wildman–Crippen MR) is 85.6 cm³/mol. The number of aromatic nitrogens is 1. The second-order valence-electron chi connectivity index (χ2n) is 5.84. The first-order valence-corrected chi connectivity index (χ1v) is 7.85. The molecule has 0 saturated carbocycles. The normalized spacial score (nSPS) is 16.3. The Balaban J connectivity index is 1.97. The van der Waals surface area contributed by atoms with Gasteiger partial charge in [0, 0.05) is 32.2 Å². The molecule has 1 saturated heterocycles. The number of carbonyl (C=O) groups excluding carboxylic acids is 1. The van der Waals surface area contributed by atoms with Crippen molar-refractivity contribution < 1.29 is 4.79 Å². The summed E-state index contributed by atoms with van der Waals surface area (Å²) in [5.41, 5.74) is 0.532. The van der Waals surface area contributed by atoms with E-state index in [1.165, 1.54) is 6.42 Å². The zero-order valence-corrected chi connectivity index (χ0v) is 13.3. The maximum Gasteiger partial charge on any atom is 0.272 e. The summed E-state index contributed by atoms with van der Waals surface area (Å²) in [6, 6.07) is 5.89. The van der Waals surface area contributed by atoms with Crippen LogP contribution in [0.2, 0.25) is 0 Å². The first-order chi connectivity index (χ1) is 10.1. The molecule has 1 aliphatic heterocycles. The van der Waals surface area contributed by atoms with Crippen LogP contribution in [0, 0.1) is 0 Å². The van der Waals surface area contributed by atoms with Crippen molar-refractivity contribution in [3.05, 3.63) is 23.9 Å². The predicted octanol–water partition coefficient (Wildman–Crippen LogP) is 2.07. The van der Waals surface area contributed by atoms with Crippen LogP contribution < -0.4 is 5.32 Å². The summed E-state index contributed by atoms with van der Waals surface area (Å²) in [7, 11) is 0. The molecule has 21 heavy (non-hydrogen) atoms. The second-order valence-corrected chi connectivity index (χ2v) is 5.84. The van der Waals surface area contributed by atoms with Crippen LogP contribution in [0.3, 0.4) is 0 Å². The fourth-order valence-corrected chi connectivity index (χ4v) is 2.58. The summed E-state index contributed by atoms with van der Waals surface area (Å²) < 4.78 is 0. The lowest BCUT2D eigenvalue weighted by atomic mass is 10.2. The minimum Gasteiger partial charge on any atom is -0.368 e. The first kappa shape index (κ1) is 15.8. The van der Waals surface area contributed by atoms with Gasteiger partial charge in [0.2, 0.25) is 0 Å². The quantitative estimate of drug-likeness (QED) is 0.902. The average molecular weight is 290 g/mol. The van der Waals surface area contributed by atoms with Crippen molar-refractivity contribution in [2.75, 3.05) is 38.0 Å². The number of carbonyl (C=O) groups is 1. The Morgan fingerprint density at radius 3 is 2.62 bits per heavy atom. The summed E-state index contributed by atoms with van der Waals surface area (Å²) in [6.07, 6.45) is 1.17. The van der Waals surface area contributed by atoms with Crippen LogP contribution in [0.4, 0.5) is 5.82 Å². The van der Waals surface area contributed by atoms with Crippen LogP contribution >= 0.6 is 0 Å². The van der Waals surface area contributed by atoms with E-state index in [1.807, 2.05) is 17.0 Å². The maximum absolute atomic E-state index is 12.5. The van der Waals surface area contributed by atoms with Gasteiger partial charge in [0.15, 0.2) is 0 Å². The van der Waals surface area contributed by atoms with E-state index < -0.39 is 0 Å². The van der Waals surface area contributed by atoms with Gasteiger partial charge in [0.25, 0.3) is 5.91 Å². The van der Waals surface area contributed by atoms with Crippen molar-refractivity contribution in [1.29, 1.82) is 0 Å². The largest absolute Gasteiger partial charge is 0.368 e. The highest BCUT2D eigenvalue weighted by Gasteiger charge is 2.22. The molecule has 0 aliphatic carbocycles. The van der Waals surface area contributed by atoms with Gasteiger partial charge in [-0.05, 0) is 38.9 Å². The Morgan fingerprint density at radius 1 is 1.29 bits per heavy atom. The molecule has 2 rings (SSSR count). The van der Waals surface area contributed by atoms with Crippen LogP contribution in [0.1, 0.15) is 37.7 Å². The molecule has 5 heteroatoms. The van der Waals surface area contributed by atoms with E-state index in [0.29, 0.717) is 11.7 Å². The molecular formula is C16H26N4O. The van der Waals surface area contributed by atoms with Gasteiger partial charge in [-0.25, -0.2) is 4.98 Å². The monoisotopic (exact) mass is 290 g/mol. The number of nitrogens with zero attached hydrogens (tertiary/aromatic N) is 3. The highest BCUT2D eigenvalue weighted by atomic mass is 16.2. The Bertz CT molecular complexity index is 467. The molecule has 1 N–H and O–H groups in total. The van der Waals surface area contributed by atoms with Gasteiger partial charge < -0.3 is 10.2 Å². The minimum absolute atomic E-state index is 0.0403. The number of amides is 1. The van der Waals surface area contributed by atoms with Crippen molar-refractivity contribution >= 4 is 11.7 Å². The van der Waals surface area contributed by atoms with Gasteiger partial charge in [-0.1, -0.05) is 13.0 Å². The molecule has 0 aromatic carbocycles. The lowest BCUT2D eigenvalue weighted by Gasteiger charge is -2.34. The molecular weight excluding hydrogens is 264 g/mol. The number of hydrogen-bond acceptors (Lipinski definition) is 4. The topological polar surface area (TPSA) is 48.5 Å². The van der Waals surface area contributed by atoms with E-state index >= 15 is 0 Å². The van der Waals surface area contributed by atoms with E-state index in [4.69, 9.17) is 0 Å². The Labute approximate surface area is 127 Å². The molecule has 1 amide bonds. The molecule has 0 bridgehead atoms. The fraction of sp³-hybridized carbons (Fsp3) is 0.625. The van der Waals surface area contributed by atoms with Crippen molar-refractivity contribution in [2.24, 2.45) is 0 Å².